The number of aryl methyl sites for hydroxylation is 2. The van der Waals surface area contributed by atoms with Crippen LogP contribution < -0.4 is 19.5 Å². The maximum Gasteiger partial charge on any atom is 0.262 e. The van der Waals surface area contributed by atoms with Crippen molar-refractivity contribution in [3.05, 3.63) is 71.8 Å². The zero-order valence-electron chi connectivity index (χ0n) is 19.4. The number of nitrogens with one attached hydrogen (secondary N) is 1. The Morgan fingerprint density at radius 2 is 1.74 bits per heavy atom. The van der Waals surface area contributed by atoms with Crippen molar-refractivity contribution in [3.8, 4) is 40.1 Å². The van der Waals surface area contributed by atoms with Crippen molar-refractivity contribution in [2.24, 2.45) is 0 Å². The van der Waals surface area contributed by atoms with Crippen molar-refractivity contribution in [2.45, 2.75) is 13.8 Å². The van der Waals surface area contributed by atoms with Gasteiger partial charge in [0.2, 0.25) is 5.82 Å². The highest BCUT2D eigenvalue weighted by Gasteiger charge is 2.17. The number of methoxy groups -OCH3 is 2. The number of carbonyl (C=O) groups excluding carboxylic acids is 1. The van der Waals surface area contributed by atoms with Crippen LogP contribution in [0.15, 0.2) is 65.2 Å². The second kappa shape index (κ2) is 10.1. The Hall–Kier alpha value is -4.33. The van der Waals surface area contributed by atoms with Gasteiger partial charge in [-0.25, -0.2) is 0 Å². The minimum atomic E-state index is -0.301. The van der Waals surface area contributed by atoms with Crippen LogP contribution in [0.4, 0.5) is 5.69 Å². The lowest BCUT2D eigenvalue weighted by Gasteiger charge is -2.10. The molecule has 8 heteroatoms. The van der Waals surface area contributed by atoms with Gasteiger partial charge in [0.15, 0.2) is 18.1 Å². The van der Waals surface area contributed by atoms with Gasteiger partial charge in [0.05, 0.1) is 25.5 Å². The van der Waals surface area contributed by atoms with Crippen molar-refractivity contribution in [2.75, 3.05) is 26.1 Å². The lowest BCUT2D eigenvalue weighted by atomic mass is 10.1. The molecule has 0 saturated carbocycles. The van der Waals surface area contributed by atoms with Crippen molar-refractivity contribution in [3.63, 3.8) is 0 Å². The highest BCUT2D eigenvalue weighted by atomic mass is 16.5. The summed E-state index contributed by atoms with van der Waals surface area (Å²) in [5.74, 6) is 2.16. The van der Waals surface area contributed by atoms with E-state index in [1.54, 1.807) is 38.5 Å². The number of hydrogen-bond acceptors (Lipinski definition) is 7. The predicted molar refractivity (Wildman–Crippen MR) is 128 cm³/mol. The minimum Gasteiger partial charge on any atom is -0.493 e. The van der Waals surface area contributed by atoms with E-state index in [1.807, 2.05) is 50.2 Å². The quantitative estimate of drug-likeness (QED) is 0.394. The van der Waals surface area contributed by atoms with Gasteiger partial charge in [-0.2, -0.15) is 4.98 Å². The van der Waals surface area contributed by atoms with Crippen LogP contribution in [0.25, 0.3) is 22.8 Å². The maximum atomic E-state index is 12.6. The third-order valence-corrected chi connectivity index (χ3v) is 5.35. The summed E-state index contributed by atoms with van der Waals surface area (Å²) in [5.41, 5.74) is 4.11. The molecule has 4 rings (SSSR count). The molecule has 1 N–H and O–H groups in total. The molecule has 0 spiro atoms. The number of carbonyl (C=O) groups is 1. The molecule has 1 amide bonds. The molecule has 0 aliphatic carbocycles. The molecule has 8 nitrogen and oxygen atoms in total. The Morgan fingerprint density at radius 3 is 2.50 bits per heavy atom. The van der Waals surface area contributed by atoms with E-state index in [0.29, 0.717) is 39.9 Å². The first-order valence-corrected chi connectivity index (χ1v) is 10.6. The number of anilines is 1. The van der Waals surface area contributed by atoms with Crippen molar-refractivity contribution in [1.82, 2.24) is 10.1 Å². The molecule has 0 aliphatic rings. The van der Waals surface area contributed by atoms with E-state index in [-0.39, 0.29) is 18.4 Å². The average Bonchev–Trinajstić information content (AvgIpc) is 3.35. The topological polar surface area (TPSA) is 95.7 Å². The van der Waals surface area contributed by atoms with Crippen LogP contribution in [-0.2, 0) is 4.79 Å². The van der Waals surface area contributed by atoms with E-state index < -0.39 is 0 Å². The van der Waals surface area contributed by atoms with Gasteiger partial charge in [-0.15, -0.1) is 0 Å². The fraction of sp³-hybridized carbons (Fsp3) is 0.192. The van der Waals surface area contributed by atoms with Crippen LogP contribution in [0.3, 0.4) is 0 Å². The molecule has 174 valence electrons. The number of aromatic nitrogens is 2. The molecule has 1 aromatic heterocycles. The monoisotopic (exact) mass is 459 g/mol. The summed E-state index contributed by atoms with van der Waals surface area (Å²) in [6, 6.07) is 18.3. The van der Waals surface area contributed by atoms with E-state index in [4.69, 9.17) is 18.7 Å². The van der Waals surface area contributed by atoms with Gasteiger partial charge in [-0.1, -0.05) is 23.4 Å². The van der Waals surface area contributed by atoms with Crippen LogP contribution >= 0.6 is 0 Å². The maximum absolute atomic E-state index is 12.6. The number of amides is 1. The molecule has 0 fully saturated rings. The Kier molecular flexibility index (Phi) is 6.77. The van der Waals surface area contributed by atoms with Gasteiger partial charge in [-0.3, -0.25) is 4.79 Å². The number of para-hydroxylation sites is 1. The number of benzene rings is 3. The number of rotatable bonds is 8. The van der Waals surface area contributed by atoms with Crippen molar-refractivity contribution in [1.29, 1.82) is 0 Å². The first kappa shape index (κ1) is 22.8. The third kappa shape index (κ3) is 5.01. The molecule has 34 heavy (non-hydrogen) atoms. The van der Waals surface area contributed by atoms with Crippen LogP contribution in [-0.4, -0.2) is 36.9 Å². The normalized spacial score (nSPS) is 10.6. The highest BCUT2D eigenvalue weighted by Crippen LogP contribution is 2.33. The molecule has 3 aromatic carbocycles. The standard InChI is InChI=1S/C26H25N3O5/c1-16-9-11-19(13-17(16)2)33-15-24(30)27-21-8-6-5-7-20(21)26-28-25(29-34-26)18-10-12-22(31-3)23(14-18)32-4/h5-14H,15H2,1-4H3,(H,27,30). The summed E-state index contributed by atoms with van der Waals surface area (Å²) in [6.07, 6.45) is 0. The highest BCUT2D eigenvalue weighted by molar-refractivity contribution is 5.95. The van der Waals surface area contributed by atoms with E-state index in [9.17, 15) is 4.79 Å². The molecule has 0 bridgehead atoms. The molecule has 0 radical (unpaired) electrons. The molecule has 4 aromatic rings. The average molecular weight is 460 g/mol. The molecule has 0 aliphatic heterocycles. The lowest BCUT2D eigenvalue weighted by Crippen LogP contribution is -2.20. The van der Waals surface area contributed by atoms with E-state index in [2.05, 4.69) is 15.5 Å². The fourth-order valence-electron chi connectivity index (χ4n) is 3.34. The summed E-state index contributed by atoms with van der Waals surface area (Å²) in [7, 11) is 3.13. The van der Waals surface area contributed by atoms with Crippen LogP contribution in [0.5, 0.6) is 17.2 Å². The molecule has 0 unspecified atom stereocenters. The third-order valence-electron chi connectivity index (χ3n) is 5.35. The Morgan fingerprint density at radius 1 is 0.941 bits per heavy atom. The molecule has 1 heterocycles. The van der Waals surface area contributed by atoms with Crippen LogP contribution in [0.1, 0.15) is 11.1 Å². The largest absolute Gasteiger partial charge is 0.493 e. The summed E-state index contributed by atoms with van der Waals surface area (Å²) in [6.45, 7) is 3.90. The fourth-order valence-corrected chi connectivity index (χ4v) is 3.34. The number of nitrogens with zero attached hydrogens (tertiary/aromatic N) is 2. The van der Waals surface area contributed by atoms with Gasteiger partial charge in [0, 0.05) is 5.56 Å². The zero-order chi connectivity index (χ0) is 24.1. The summed E-state index contributed by atoms with van der Waals surface area (Å²) < 4.78 is 21.8. The second-order valence-electron chi connectivity index (χ2n) is 7.62. The Labute approximate surface area is 197 Å². The Bertz CT molecular complexity index is 1320. The van der Waals surface area contributed by atoms with E-state index in [0.717, 1.165) is 11.1 Å². The van der Waals surface area contributed by atoms with E-state index >= 15 is 0 Å². The lowest BCUT2D eigenvalue weighted by molar-refractivity contribution is -0.118. The summed E-state index contributed by atoms with van der Waals surface area (Å²) >= 11 is 0. The Balaban J connectivity index is 1.50. The number of hydrogen-bond donors (Lipinski definition) is 1. The van der Waals surface area contributed by atoms with Gasteiger partial charge < -0.3 is 24.1 Å². The van der Waals surface area contributed by atoms with Gasteiger partial charge in [-0.05, 0) is 67.4 Å². The van der Waals surface area contributed by atoms with Crippen molar-refractivity contribution < 1.29 is 23.5 Å². The van der Waals surface area contributed by atoms with E-state index in [1.165, 1.54) is 0 Å². The minimum absolute atomic E-state index is 0.127. The first-order chi connectivity index (χ1) is 16.5. The van der Waals surface area contributed by atoms with Crippen molar-refractivity contribution >= 4 is 11.6 Å². The van der Waals surface area contributed by atoms with Gasteiger partial charge in [0.25, 0.3) is 11.8 Å². The summed E-state index contributed by atoms with van der Waals surface area (Å²) in [4.78, 5) is 17.1. The molecule has 0 atom stereocenters. The molecular weight excluding hydrogens is 434 g/mol. The van der Waals surface area contributed by atoms with Gasteiger partial charge >= 0.3 is 0 Å². The number of ether oxygens (including phenoxy) is 3. The predicted octanol–water partition coefficient (Wildman–Crippen LogP) is 5.06. The second-order valence-corrected chi connectivity index (χ2v) is 7.62. The smallest absolute Gasteiger partial charge is 0.262 e. The van der Waals surface area contributed by atoms with Gasteiger partial charge in [0.1, 0.15) is 5.75 Å². The summed E-state index contributed by atoms with van der Waals surface area (Å²) in [5, 5.41) is 6.94. The zero-order valence-corrected chi connectivity index (χ0v) is 19.4. The molecule has 0 saturated heterocycles. The molecular formula is C26H25N3O5. The SMILES string of the molecule is COc1ccc(-c2noc(-c3ccccc3NC(=O)COc3ccc(C)c(C)c3)n2)cc1OC. The first-order valence-electron chi connectivity index (χ1n) is 10.6. The van der Waals surface area contributed by atoms with Crippen LogP contribution in [0, 0.1) is 13.8 Å². The van der Waals surface area contributed by atoms with Crippen LogP contribution in [0.2, 0.25) is 0 Å².